The molecule has 0 aliphatic heterocycles. The van der Waals surface area contributed by atoms with Crippen molar-refractivity contribution in [3.05, 3.63) is 58.1 Å². The number of rotatable bonds is 13. The van der Waals surface area contributed by atoms with Crippen LogP contribution in [0.15, 0.2) is 36.4 Å². The molecule has 1 unspecified atom stereocenters. The van der Waals surface area contributed by atoms with E-state index in [9.17, 15) is 14.7 Å². The van der Waals surface area contributed by atoms with Crippen LogP contribution in [-0.4, -0.2) is 43.4 Å². The van der Waals surface area contributed by atoms with E-state index in [2.05, 4.69) is 5.32 Å². The van der Waals surface area contributed by atoms with E-state index in [1.165, 1.54) is 7.11 Å². The van der Waals surface area contributed by atoms with Crippen LogP contribution in [-0.2, 0) is 22.5 Å². The molecule has 8 heteroatoms. The van der Waals surface area contributed by atoms with Crippen molar-refractivity contribution in [2.75, 3.05) is 20.3 Å². The quantitative estimate of drug-likeness (QED) is 0.454. The van der Waals surface area contributed by atoms with E-state index in [4.69, 9.17) is 25.8 Å². The van der Waals surface area contributed by atoms with Crippen molar-refractivity contribution in [1.29, 1.82) is 0 Å². The summed E-state index contributed by atoms with van der Waals surface area (Å²) in [4.78, 5) is 24.1. The van der Waals surface area contributed by atoms with Gasteiger partial charge in [0.25, 0.3) is 5.91 Å². The Morgan fingerprint density at radius 3 is 2.47 bits per heavy atom. The lowest BCUT2D eigenvalue weighted by Gasteiger charge is -2.16. The highest BCUT2D eigenvalue weighted by Crippen LogP contribution is 2.24. The number of benzene rings is 2. The van der Waals surface area contributed by atoms with Crippen LogP contribution in [0.4, 0.5) is 0 Å². The molecule has 2 N–H and O–H groups in total. The molecule has 1 atom stereocenters. The maximum Gasteiger partial charge on any atom is 0.333 e. The average Bonchev–Trinajstić information content (AvgIpc) is 2.78. The van der Waals surface area contributed by atoms with Gasteiger partial charge in [-0.05, 0) is 42.7 Å². The Hall–Kier alpha value is -2.77. The Labute approximate surface area is 193 Å². The summed E-state index contributed by atoms with van der Waals surface area (Å²) >= 11 is 6.26. The highest BCUT2D eigenvalue weighted by molar-refractivity contribution is 6.34. The highest BCUT2D eigenvalue weighted by atomic mass is 35.5. The Balaban J connectivity index is 2.10. The minimum absolute atomic E-state index is 0.188. The van der Waals surface area contributed by atoms with Crippen LogP contribution >= 0.6 is 11.6 Å². The van der Waals surface area contributed by atoms with Crippen LogP contribution in [0.5, 0.6) is 11.5 Å². The second-order valence-electron chi connectivity index (χ2n) is 7.22. The second kappa shape index (κ2) is 12.9. The van der Waals surface area contributed by atoms with Crippen LogP contribution in [0.2, 0.25) is 5.02 Å². The molecule has 0 heterocycles. The third-order valence-corrected chi connectivity index (χ3v) is 4.97. The summed E-state index contributed by atoms with van der Waals surface area (Å²) < 4.78 is 16.4. The van der Waals surface area contributed by atoms with E-state index in [-0.39, 0.29) is 18.9 Å². The van der Waals surface area contributed by atoms with Gasteiger partial charge in [0.15, 0.2) is 6.10 Å². The average molecular weight is 464 g/mol. The third-order valence-electron chi connectivity index (χ3n) is 4.66. The number of methoxy groups -OCH3 is 1. The molecule has 0 saturated carbocycles. The van der Waals surface area contributed by atoms with E-state index in [1.54, 1.807) is 30.3 Å². The molecule has 2 aromatic carbocycles. The number of carbonyl (C=O) groups is 2. The first-order chi connectivity index (χ1) is 15.4. The lowest BCUT2D eigenvalue weighted by molar-refractivity contribution is -0.150. The predicted octanol–water partition coefficient (Wildman–Crippen LogP) is 4.49. The third kappa shape index (κ3) is 7.43. The highest BCUT2D eigenvalue weighted by Gasteiger charge is 2.19. The molecule has 0 saturated heterocycles. The molecule has 174 valence electrons. The molecule has 0 fully saturated rings. The van der Waals surface area contributed by atoms with E-state index in [0.717, 1.165) is 24.0 Å². The minimum Gasteiger partial charge on any atom is -0.496 e. The van der Waals surface area contributed by atoms with E-state index >= 15 is 0 Å². The molecular formula is C24H30ClNO6. The number of nitrogens with one attached hydrogen (secondary N) is 1. The van der Waals surface area contributed by atoms with Gasteiger partial charge in [-0.1, -0.05) is 37.6 Å². The Bertz CT molecular complexity index is 917. The van der Waals surface area contributed by atoms with Crippen molar-refractivity contribution in [3.8, 4) is 11.5 Å². The number of halogens is 1. The summed E-state index contributed by atoms with van der Waals surface area (Å²) in [7, 11) is 1.54. The Morgan fingerprint density at radius 1 is 1.09 bits per heavy atom. The lowest BCUT2D eigenvalue weighted by Crippen LogP contribution is -2.27. The Kier molecular flexibility index (Phi) is 10.3. The number of aliphatic carboxylic acids is 1. The van der Waals surface area contributed by atoms with Crippen LogP contribution in [0, 0.1) is 0 Å². The molecule has 0 aromatic heterocycles. The molecule has 0 aliphatic carbocycles. The van der Waals surface area contributed by atoms with Crippen molar-refractivity contribution in [1.82, 2.24) is 5.32 Å². The predicted molar refractivity (Wildman–Crippen MR) is 123 cm³/mol. The fraction of sp³-hybridized carbons (Fsp3) is 0.417. The number of ether oxygens (including phenoxy) is 3. The zero-order valence-electron chi connectivity index (χ0n) is 18.7. The first kappa shape index (κ1) is 25.5. The van der Waals surface area contributed by atoms with Crippen molar-refractivity contribution in [2.24, 2.45) is 0 Å². The van der Waals surface area contributed by atoms with Crippen LogP contribution in [0.25, 0.3) is 0 Å². The molecule has 2 aromatic rings. The van der Waals surface area contributed by atoms with Gasteiger partial charge in [-0.2, -0.15) is 0 Å². The molecule has 2 rings (SSSR count). The molecular weight excluding hydrogens is 434 g/mol. The normalized spacial score (nSPS) is 11.6. The lowest BCUT2D eigenvalue weighted by atomic mass is 10.0. The molecule has 0 spiro atoms. The van der Waals surface area contributed by atoms with Crippen molar-refractivity contribution < 1.29 is 28.9 Å². The summed E-state index contributed by atoms with van der Waals surface area (Å²) in [6.07, 6.45) is 0.889. The molecule has 0 aliphatic rings. The monoisotopic (exact) mass is 463 g/mol. The fourth-order valence-corrected chi connectivity index (χ4v) is 3.31. The van der Waals surface area contributed by atoms with Gasteiger partial charge < -0.3 is 24.6 Å². The van der Waals surface area contributed by atoms with Gasteiger partial charge in [-0.3, -0.25) is 4.79 Å². The molecule has 0 bridgehead atoms. The summed E-state index contributed by atoms with van der Waals surface area (Å²) in [6, 6.07) is 10.3. The van der Waals surface area contributed by atoms with Gasteiger partial charge in [-0.25, -0.2) is 4.79 Å². The largest absolute Gasteiger partial charge is 0.496 e. The SMILES string of the molecule is CCCOc1ccc(C(=O)NCc2cc(CC(OCCC)C(=O)O)ccc2OC)c(Cl)c1. The van der Waals surface area contributed by atoms with Gasteiger partial charge in [-0.15, -0.1) is 0 Å². The van der Waals surface area contributed by atoms with E-state index < -0.39 is 12.1 Å². The summed E-state index contributed by atoms with van der Waals surface area (Å²) in [5.41, 5.74) is 1.83. The minimum atomic E-state index is -1.01. The number of carbonyl (C=O) groups excluding carboxylic acids is 1. The van der Waals surface area contributed by atoms with Crippen molar-refractivity contribution >= 4 is 23.5 Å². The maximum absolute atomic E-state index is 12.7. The smallest absolute Gasteiger partial charge is 0.333 e. The maximum atomic E-state index is 12.7. The zero-order valence-corrected chi connectivity index (χ0v) is 19.4. The van der Waals surface area contributed by atoms with Crippen LogP contribution in [0.1, 0.15) is 48.2 Å². The number of hydrogen-bond donors (Lipinski definition) is 2. The first-order valence-electron chi connectivity index (χ1n) is 10.6. The summed E-state index contributed by atoms with van der Waals surface area (Å²) in [5.74, 6) is -0.143. The van der Waals surface area contributed by atoms with Crippen molar-refractivity contribution in [2.45, 2.75) is 45.8 Å². The van der Waals surface area contributed by atoms with Gasteiger partial charge in [0.2, 0.25) is 0 Å². The number of amides is 1. The topological polar surface area (TPSA) is 94.1 Å². The van der Waals surface area contributed by atoms with E-state index in [0.29, 0.717) is 35.3 Å². The standard InChI is InChI=1S/C24H30ClNO6/c1-4-10-31-18-7-8-19(20(25)14-18)23(27)26-15-17-12-16(6-9-21(17)30-3)13-22(24(28)29)32-11-5-2/h6-9,12,14,22H,4-5,10-11,13,15H2,1-3H3,(H,26,27)(H,28,29). The number of carboxylic acids is 1. The second-order valence-corrected chi connectivity index (χ2v) is 7.63. The van der Waals surface area contributed by atoms with Gasteiger partial charge in [0.05, 0.1) is 24.3 Å². The molecule has 1 amide bonds. The van der Waals surface area contributed by atoms with Gasteiger partial charge >= 0.3 is 5.97 Å². The van der Waals surface area contributed by atoms with Gasteiger partial charge in [0, 0.05) is 25.1 Å². The van der Waals surface area contributed by atoms with Crippen LogP contribution < -0.4 is 14.8 Å². The van der Waals surface area contributed by atoms with Gasteiger partial charge in [0.1, 0.15) is 11.5 Å². The zero-order chi connectivity index (χ0) is 23.5. The number of hydrogen-bond acceptors (Lipinski definition) is 5. The summed E-state index contributed by atoms with van der Waals surface area (Å²) in [6.45, 7) is 5.06. The first-order valence-corrected chi connectivity index (χ1v) is 11.0. The Morgan fingerprint density at radius 2 is 1.84 bits per heavy atom. The molecule has 7 nitrogen and oxygen atoms in total. The molecule has 0 radical (unpaired) electrons. The van der Waals surface area contributed by atoms with E-state index in [1.807, 2.05) is 19.9 Å². The molecule has 32 heavy (non-hydrogen) atoms. The van der Waals surface area contributed by atoms with Crippen molar-refractivity contribution in [3.63, 3.8) is 0 Å². The van der Waals surface area contributed by atoms with Crippen LogP contribution in [0.3, 0.4) is 0 Å². The fourth-order valence-electron chi connectivity index (χ4n) is 3.05. The summed E-state index contributed by atoms with van der Waals surface area (Å²) in [5, 5.41) is 12.5. The number of carboxylic acid groups (broad SMARTS) is 1.